The second kappa shape index (κ2) is 7.20. The molecule has 0 aliphatic carbocycles. The zero-order valence-corrected chi connectivity index (χ0v) is 13.3. The van der Waals surface area contributed by atoms with E-state index in [1.807, 2.05) is 23.9 Å². The quantitative estimate of drug-likeness (QED) is 0.871. The number of ether oxygens (including phenoxy) is 2. The highest BCUT2D eigenvalue weighted by Gasteiger charge is 2.28. The van der Waals surface area contributed by atoms with Gasteiger partial charge in [-0.25, -0.2) is 0 Å². The summed E-state index contributed by atoms with van der Waals surface area (Å²) in [7, 11) is 5.52. The molecule has 1 fully saturated rings. The van der Waals surface area contributed by atoms with Crippen LogP contribution < -0.4 is 15.2 Å². The number of nitrogens with zero attached hydrogens (tertiary/aromatic N) is 1. The largest absolute Gasteiger partial charge is 0.497 e. The standard InChI is InChI=1S/C15H24N2O2S/c1-17(11-6-7-20-10-11)14(9-16)13-5-4-12(18-2)8-15(13)19-3/h4-5,8,11,14H,6-7,9-10,16H2,1-3H3. The molecule has 112 valence electrons. The fourth-order valence-electron chi connectivity index (χ4n) is 2.70. The van der Waals surface area contributed by atoms with Crippen molar-refractivity contribution in [3.8, 4) is 11.5 Å². The Morgan fingerprint density at radius 2 is 2.20 bits per heavy atom. The summed E-state index contributed by atoms with van der Waals surface area (Å²) >= 11 is 2.02. The van der Waals surface area contributed by atoms with E-state index in [0.717, 1.165) is 17.1 Å². The van der Waals surface area contributed by atoms with E-state index in [1.165, 1.54) is 17.9 Å². The summed E-state index contributed by atoms with van der Waals surface area (Å²) in [5.74, 6) is 4.08. The lowest BCUT2D eigenvalue weighted by Crippen LogP contribution is -2.38. The predicted molar refractivity (Wildman–Crippen MR) is 84.8 cm³/mol. The lowest BCUT2D eigenvalue weighted by atomic mass is 10.0. The number of rotatable bonds is 6. The first-order valence-electron chi connectivity index (χ1n) is 6.93. The number of thioether (sulfide) groups is 1. The minimum absolute atomic E-state index is 0.180. The summed E-state index contributed by atoms with van der Waals surface area (Å²) in [6.45, 7) is 0.584. The zero-order chi connectivity index (χ0) is 14.5. The average molecular weight is 296 g/mol. The monoisotopic (exact) mass is 296 g/mol. The molecule has 0 bridgehead atoms. The van der Waals surface area contributed by atoms with Gasteiger partial charge in [0.1, 0.15) is 11.5 Å². The van der Waals surface area contributed by atoms with Crippen LogP contribution >= 0.6 is 11.8 Å². The second-order valence-corrected chi connectivity index (χ2v) is 6.19. The Kier molecular flexibility index (Phi) is 5.57. The number of nitrogens with two attached hydrogens (primary N) is 1. The van der Waals surface area contributed by atoms with E-state index in [2.05, 4.69) is 18.0 Å². The Labute approximate surface area is 125 Å². The van der Waals surface area contributed by atoms with Gasteiger partial charge in [-0.3, -0.25) is 4.90 Å². The summed E-state index contributed by atoms with van der Waals surface area (Å²) in [5.41, 5.74) is 7.17. The Morgan fingerprint density at radius 3 is 2.75 bits per heavy atom. The number of hydrogen-bond acceptors (Lipinski definition) is 5. The number of benzene rings is 1. The van der Waals surface area contributed by atoms with Gasteiger partial charge in [0, 0.05) is 30.0 Å². The molecule has 1 aliphatic rings. The molecule has 0 saturated carbocycles. The number of hydrogen-bond donors (Lipinski definition) is 1. The van der Waals surface area contributed by atoms with Crippen molar-refractivity contribution in [1.82, 2.24) is 4.90 Å². The van der Waals surface area contributed by atoms with Crippen LogP contribution in [0.2, 0.25) is 0 Å². The van der Waals surface area contributed by atoms with Crippen LogP contribution in [0.1, 0.15) is 18.0 Å². The van der Waals surface area contributed by atoms with Crippen molar-refractivity contribution in [1.29, 1.82) is 0 Å². The van der Waals surface area contributed by atoms with Gasteiger partial charge >= 0.3 is 0 Å². The lowest BCUT2D eigenvalue weighted by molar-refractivity contribution is 0.189. The Bertz CT molecular complexity index is 436. The molecule has 1 heterocycles. The van der Waals surface area contributed by atoms with E-state index in [0.29, 0.717) is 12.6 Å². The SMILES string of the molecule is COc1ccc(C(CN)N(C)C2CCSC2)c(OC)c1. The van der Waals surface area contributed by atoms with E-state index >= 15 is 0 Å². The second-order valence-electron chi connectivity index (χ2n) is 5.04. The molecule has 5 heteroatoms. The Balaban J connectivity index is 2.25. The molecule has 1 aromatic rings. The van der Waals surface area contributed by atoms with Crippen molar-refractivity contribution in [2.75, 3.05) is 39.3 Å². The number of methoxy groups -OCH3 is 2. The van der Waals surface area contributed by atoms with Crippen LogP contribution in [0.5, 0.6) is 11.5 Å². The average Bonchev–Trinajstić information content (AvgIpc) is 3.02. The third-order valence-corrected chi connectivity index (χ3v) is 5.14. The van der Waals surface area contributed by atoms with Gasteiger partial charge in [-0.15, -0.1) is 0 Å². The van der Waals surface area contributed by atoms with Crippen LogP contribution in [-0.2, 0) is 0 Å². The Morgan fingerprint density at radius 1 is 1.40 bits per heavy atom. The summed E-state index contributed by atoms with van der Waals surface area (Å²) in [5, 5.41) is 0. The summed E-state index contributed by atoms with van der Waals surface area (Å²) in [4.78, 5) is 2.39. The summed E-state index contributed by atoms with van der Waals surface area (Å²) in [6, 6.07) is 6.74. The van der Waals surface area contributed by atoms with Crippen LogP contribution in [0.25, 0.3) is 0 Å². The lowest BCUT2D eigenvalue weighted by Gasteiger charge is -2.33. The van der Waals surface area contributed by atoms with E-state index in [1.54, 1.807) is 14.2 Å². The third kappa shape index (κ3) is 3.22. The molecule has 4 nitrogen and oxygen atoms in total. The molecule has 2 atom stereocenters. The maximum Gasteiger partial charge on any atom is 0.127 e. The maximum absolute atomic E-state index is 6.03. The molecule has 2 unspecified atom stereocenters. The fourth-order valence-corrected chi connectivity index (χ4v) is 3.98. The highest BCUT2D eigenvalue weighted by molar-refractivity contribution is 7.99. The molecule has 0 radical (unpaired) electrons. The van der Waals surface area contributed by atoms with Crippen molar-refractivity contribution in [2.45, 2.75) is 18.5 Å². The third-order valence-electron chi connectivity index (χ3n) is 4.00. The van der Waals surface area contributed by atoms with Crippen LogP contribution in [0.4, 0.5) is 0 Å². The number of likely N-dealkylation sites (N-methyl/N-ethyl adjacent to an activating group) is 1. The van der Waals surface area contributed by atoms with Gasteiger partial charge < -0.3 is 15.2 Å². The van der Waals surface area contributed by atoms with Crippen LogP contribution in [0.3, 0.4) is 0 Å². The molecule has 20 heavy (non-hydrogen) atoms. The molecule has 0 aromatic heterocycles. The van der Waals surface area contributed by atoms with E-state index < -0.39 is 0 Å². The van der Waals surface area contributed by atoms with Crippen LogP contribution in [0, 0.1) is 0 Å². The van der Waals surface area contributed by atoms with Gasteiger partial charge in [-0.2, -0.15) is 11.8 Å². The first-order chi connectivity index (χ1) is 9.71. The minimum atomic E-state index is 0.180. The van der Waals surface area contributed by atoms with Gasteiger partial charge in [-0.05, 0) is 25.3 Å². The molecular formula is C15H24N2O2S. The molecule has 0 spiro atoms. The summed E-state index contributed by atoms with van der Waals surface area (Å²) < 4.78 is 10.8. The smallest absolute Gasteiger partial charge is 0.127 e. The van der Waals surface area contributed by atoms with E-state index in [9.17, 15) is 0 Å². The molecule has 1 aliphatic heterocycles. The first kappa shape index (κ1) is 15.5. The molecule has 2 rings (SSSR count). The highest BCUT2D eigenvalue weighted by Crippen LogP contribution is 2.34. The molecule has 1 aromatic carbocycles. The maximum atomic E-state index is 6.03. The van der Waals surface area contributed by atoms with Gasteiger partial charge in [0.15, 0.2) is 0 Å². The summed E-state index contributed by atoms with van der Waals surface area (Å²) in [6.07, 6.45) is 1.23. The van der Waals surface area contributed by atoms with Crippen molar-refractivity contribution in [3.05, 3.63) is 23.8 Å². The normalized spacial score (nSPS) is 20.1. The van der Waals surface area contributed by atoms with E-state index in [-0.39, 0.29) is 6.04 Å². The van der Waals surface area contributed by atoms with Gasteiger partial charge in [0.2, 0.25) is 0 Å². The Hall–Kier alpha value is -0.910. The predicted octanol–water partition coefficient (Wildman–Crippen LogP) is 2.14. The molecule has 2 N–H and O–H groups in total. The highest BCUT2D eigenvalue weighted by atomic mass is 32.2. The topological polar surface area (TPSA) is 47.7 Å². The van der Waals surface area contributed by atoms with Gasteiger partial charge in [0.05, 0.1) is 20.3 Å². The molecule has 1 saturated heterocycles. The fraction of sp³-hybridized carbons (Fsp3) is 0.600. The van der Waals surface area contributed by atoms with E-state index in [4.69, 9.17) is 15.2 Å². The van der Waals surface area contributed by atoms with Crippen molar-refractivity contribution < 1.29 is 9.47 Å². The van der Waals surface area contributed by atoms with Crippen molar-refractivity contribution in [2.24, 2.45) is 5.73 Å². The van der Waals surface area contributed by atoms with Crippen LogP contribution in [0.15, 0.2) is 18.2 Å². The van der Waals surface area contributed by atoms with Crippen molar-refractivity contribution in [3.63, 3.8) is 0 Å². The van der Waals surface area contributed by atoms with Crippen molar-refractivity contribution >= 4 is 11.8 Å². The molecule has 0 amide bonds. The zero-order valence-electron chi connectivity index (χ0n) is 12.5. The molecular weight excluding hydrogens is 272 g/mol. The minimum Gasteiger partial charge on any atom is -0.497 e. The van der Waals surface area contributed by atoms with Gasteiger partial charge in [0.25, 0.3) is 0 Å². The van der Waals surface area contributed by atoms with Crippen LogP contribution in [-0.4, -0.2) is 50.3 Å². The first-order valence-corrected chi connectivity index (χ1v) is 8.08. The van der Waals surface area contributed by atoms with Gasteiger partial charge in [-0.1, -0.05) is 6.07 Å².